The van der Waals surface area contributed by atoms with E-state index in [1.165, 1.54) is 38.4 Å². The normalized spacial score (nSPS) is 11.9. The molecule has 1 atom stereocenters. The highest BCUT2D eigenvalue weighted by molar-refractivity contribution is 5.47. The smallest absolute Gasteiger partial charge is 0.332 e. The number of benzene rings is 1. The Morgan fingerprint density at radius 2 is 1.64 bits per heavy atom. The van der Waals surface area contributed by atoms with Gasteiger partial charge in [0.15, 0.2) is 0 Å². The third kappa shape index (κ3) is 3.24. The minimum Gasteiger partial charge on any atom is -0.385 e. The number of nitrogen functional groups attached to an aromatic ring is 1. The Labute approximate surface area is 140 Å². The van der Waals surface area contributed by atoms with Crippen LogP contribution in [0, 0.1) is 20.2 Å². The molecule has 2 rings (SSSR count). The van der Waals surface area contributed by atoms with Gasteiger partial charge in [0.1, 0.15) is 5.82 Å². The molecule has 0 radical (unpaired) electrons. The lowest BCUT2D eigenvalue weighted by molar-refractivity contribution is -0.481. The standard InChI is InChI=1S/C14H15N5O6/c1-16-12(15)11(13(20)17(2)14(16)21)10(7-18(22)23)8-3-5-9(6-4-8)19(24)25/h3-6,10H,7,15H2,1-2H3. The van der Waals surface area contributed by atoms with Gasteiger partial charge in [-0.3, -0.25) is 34.2 Å². The number of rotatable bonds is 5. The Morgan fingerprint density at radius 3 is 2.12 bits per heavy atom. The van der Waals surface area contributed by atoms with E-state index in [1.54, 1.807) is 0 Å². The van der Waals surface area contributed by atoms with Crippen molar-refractivity contribution in [2.75, 3.05) is 12.3 Å². The lowest BCUT2D eigenvalue weighted by Crippen LogP contribution is -2.42. The molecule has 132 valence electrons. The van der Waals surface area contributed by atoms with Gasteiger partial charge in [0.25, 0.3) is 11.2 Å². The van der Waals surface area contributed by atoms with Crippen LogP contribution in [0.25, 0.3) is 0 Å². The van der Waals surface area contributed by atoms with Crippen LogP contribution in [0.1, 0.15) is 17.0 Å². The molecule has 0 saturated heterocycles. The minimum atomic E-state index is -1.05. The zero-order valence-corrected chi connectivity index (χ0v) is 13.4. The highest BCUT2D eigenvalue weighted by Crippen LogP contribution is 2.27. The van der Waals surface area contributed by atoms with Crippen molar-refractivity contribution in [1.82, 2.24) is 9.13 Å². The number of nitro benzene ring substituents is 1. The predicted molar refractivity (Wildman–Crippen MR) is 88.1 cm³/mol. The van der Waals surface area contributed by atoms with Crippen LogP contribution in [-0.2, 0) is 14.1 Å². The highest BCUT2D eigenvalue weighted by atomic mass is 16.6. The third-order valence-corrected chi connectivity index (χ3v) is 3.93. The summed E-state index contributed by atoms with van der Waals surface area (Å²) in [5, 5.41) is 21.8. The van der Waals surface area contributed by atoms with Crippen molar-refractivity contribution in [3.63, 3.8) is 0 Å². The van der Waals surface area contributed by atoms with Crippen molar-refractivity contribution in [3.05, 3.63) is 76.5 Å². The second kappa shape index (κ2) is 6.55. The van der Waals surface area contributed by atoms with E-state index in [4.69, 9.17) is 5.73 Å². The lowest BCUT2D eigenvalue weighted by atomic mass is 9.92. The van der Waals surface area contributed by atoms with Gasteiger partial charge in [-0.15, -0.1) is 0 Å². The maximum absolute atomic E-state index is 12.5. The van der Waals surface area contributed by atoms with Crippen LogP contribution < -0.4 is 17.0 Å². The number of aromatic nitrogens is 2. The fourth-order valence-electron chi connectivity index (χ4n) is 2.55. The average molecular weight is 349 g/mol. The predicted octanol–water partition coefficient (Wildman–Crippen LogP) is -0.0170. The molecule has 1 unspecified atom stereocenters. The van der Waals surface area contributed by atoms with Gasteiger partial charge < -0.3 is 5.73 Å². The van der Waals surface area contributed by atoms with E-state index in [9.17, 15) is 29.8 Å². The molecule has 0 spiro atoms. The van der Waals surface area contributed by atoms with Gasteiger partial charge in [-0.25, -0.2) is 4.79 Å². The Hall–Kier alpha value is -3.50. The molecule has 25 heavy (non-hydrogen) atoms. The molecule has 1 heterocycles. The van der Waals surface area contributed by atoms with Gasteiger partial charge in [-0.1, -0.05) is 12.1 Å². The monoisotopic (exact) mass is 349 g/mol. The molecule has 0 bridgehead atoms. The molecule has 0 amide bonds. The van der Waals surface area contributed by atoms with Crippen molar-refractivity contribution < 1.29 is 9.85 Å². The average Bonchev–Trinajstić information content (AvgIpc) is 2.57. The summed E-state index contributed by atoms with van der Waals surface area (Å²) in [7, 11) is 2.59. The van der Waals surface area contributed by atoms with Crippen molar-refractivity contribution in [3.8, 4) is 0 Å². The number of nitro groups is 2. The van der Waals surface area contributed by atoms with E-state index in [0.29, 0.717) is 5.56 Å². The van der Waals surface area contributed by atoms with Crippen LogP contribution in [-0.4, -0.2) is 25.5 Å². The third-order valence-electron chi connectivity index (χ3n) is 3.93. The summed E-state index contributed by atoms with van der Waals surface area (Å²) in [5.74, 6) is -1.24. The zero-order chi connectivity index (χ0) is 18.9. The first-order valence-corrected chi connectivity index (χ1v) is 7.06. The first kappa shape index (κ1) is 17.8. The highest BCUT2D eigenvalue weighted by Gasteiger charge is 2.28. The molecule has 11 nitrogen and oxygen atoms in total. The quantitative estimate of drug-likeness (QED) is 0.587. The van der Waals surface area contributed by atoms with Gasteiger partial charge in [-0.05, 0) is 5.56 Å². The minimum absolute atomic E-state index is 0.102. The Bertz CT molecular complexity index is 959. The molecular weight excluding hydrogens is 334 g/mol. The van der Waals surface area contributed by atoms with Crippen molar-refractivity contribution in [2.45, 2.75) is 5.92 Å². The van der Waals surface area contributed by atoms with Crippen LogP contribution in [0.5, 0.6) is 0 Å². The van der Waals surface area contributed by atoms with E-state index >= 15 is 0 Å². The van der Waals surface area contributed by atoms with Crippen LogP contribution >= 0.6 is 0 Å². The molecule has 2 aromatic rings. The first-order chi connectivity index (χ1) is 11.6. The fourth-order valence-corrected chi connectivity index (χ4v) is 2.55. The number of nitrogens with zero attached hydrogens (tertiary/aromatic N) is 4. The summed E-state index contributed by atoms with van der Waals surface area (Å²) in [6, 6.07) is 5.03. The van der Waals surface area contributed by atoms with Crippen molar-refractivity contribution in [1.29, 1.82) is 0 Å². The van der Waals surface area contributed by atoms with E-state index in [2.05, 4.69) is 0 Å². The van der Waals surface area contributed by atoms with Gasteiger partial charge in [0.2, 0.25) is 6.54 Å². The molecule has 0 aliphatic rings. The summed E-state index contributed by atoms with van der Waals surface area (Å²) in [6.07, 6.45) is 0. The van der Waals surface area contributed by atoms with E-state index < -0.39 is 33.6 Å². The molecular formula is C14H15N5O6. The second-order valence-electron chi connectivity index (χ2n) is 5.42. The maximum Gasteiger partial charge on any atom is 0.332 e. The molecule has 2 N–H and O–H groups in total. The SMILES string of the molecule is Cn1c(N)c(C(C[N+](=O)[O-])c2ccc([N+](=O)[O-])cc2)c(=O)n(C)c1=O. The second-order valence-corrected chi connectivity index (χ2v) is 5.42. The number of hydrogen-bond acceptors (Lipinski definition) is 7. The summed E-state index contributed by atoms with van der Waals surface area (Å²) in [4.78, 5) is 45.0. The fraction of sp³-hybridized carbons (Fsp3) is 0.286. The summed E-state index contributed by atoms with van der Waals surface area (Å²) < 4.78 is 1.83. The number of nitrogens with two attached hydrogens (primary N) is 1. The van der Waals surface area contributed by atoms with Gasteiger partial charge in [0.05, 0.1) is 16.4 Å². The topological polar surface area (TPSA) is 156 Å². The number of hydrogen-bond donors (Lipinski definition) is 1. The lowest BCUT2D eigenvalue weighted by Gasteiger charge is -2.18. The zero-order valence-electron chi connectivity index (χ0n) is 13.4. The summed E-state index contributed by atoms with van der Waals surface area (Å²) >= 11 is 0. The van der Waals surface area contributed by atoms with Crippen molar-refractivity contribution in [2.24, 2.45) is 14.1 Å². The van der Waals surface area contributed by atoms with Crippen LogP contribution in [0.3, 0.4) is 0 Å². The van der Waals surface area contributed by atoms with Gasteiger partial charge >= 0.3 is 5.69 Å². The Morgan fingerprint density at radius 1 is 1.08 bits per heavy atom. The Balaban J connectivity index is 2.71. The van der Waals surface area contributed by atoms with E-state index in [1.807, 2.05) is 0 Å². The van der Waals surface area contributed by atoms with Gasteiger partial charge in [0, 0.05) is 31.2 Å². The first-order valence-electron chi connectivity index (χ1n) is 7.06. The van der Waals surface area contributed by atoms with Crippen LogP contribution in [0.15, 0.2) is 33.9 Å². The van der Waals surface area contributed by atoms with E-state index in [0.717, 1.165) is 9.13 Å². The maximum atomic E-state index is 12.5. The Kier molecular flexibility index (Phi) is 4.68. The largest absolute Gasteiger partial charge is 0.385 e. The molecule has 0 aliphatic carbocycles. The molecule has 1 aromatic heterocycles. The number of non-ortho nitro benzene ring substituents is 1. The van der Waals surface area contributed by atoms with Crippen LogP contribution in [0.4, 0.5) is 11.5 Å². The number of anilines is 1. The molecule has 0 aliphatic heterocycles. The van der Waals surface area contributed by atoms with Crippen molar-refractivity contribution >= 4 is 11.5 Å². The molecule has 0 saturated carbocycles. The molecule has 11 heteroatoms. The molecule has 1 aromatic carbocycles. The summed E-state index contributed by atoms with van der Waals surface area (Å²) in [5.41, 5.74) is 4.48. The van der Waals surface area contributed by atoms with Gasteiger partial charge in [-0.2, -0.15) is 0 Å². The molecule has 0 fully saturated rings. The van der Waals surface area contributed by atoms with Crippen LogP contribution in [0.2, 0.25) is 0 Å². The van der Waals surface area contributed by atoms with E-state index in [-0.39, 0.29) is 17.1 Å². The summed E-state index contributed by atoms with van der Waals surface area (Å²) in [6.45, 7) is -0.657.